The molecule has 1 unspecified atom stereocenters. The number of nitrogens with one attached hydrogen (secondary N) is 2. The predicted molar refractivity (Wildman–Crippen MR) is 110 cm³/mol. The maximum atomic E-state index is 12.4. The molecule has 0 radical (unpaired) electrons. The van der Waals surface area contributed by atoms with E-state index in [1.54, 1.807) is 0 Å². The third-order valence-corrected chi connectivity index (χ3v) is 5.10. The number of aromatic amines is 1. The Kier molecular flexibility index (Phi) is 6.24. The minimum absolute atomic E-state index is 0.100. The first-order chi connectivity index (χ1) is 13.0. The Labute approximate surface area is 160 Å². The van der Waals surface area contributed by atoms with Gasteiger partial charge in [-0.15, -0.1) is 0 Å². The second kappa shape index (κ2) is 8.82. The van der Waals surface area contributed by atoms with Gasteiger partial charge >= 0.3 is 0 Å². The van der Waals surface area contributed by atoms with Crippen LogP contribution in [0.4, 0.5) is 0 Å². The second-order valence-corrected chi connectivity index (χ2v) is 7.43. The largest absolute Gasteiger partial charge is 0.355 e. The SMILES string of the molecule is CC(CC(=O)NC[C@H](Cc1ccc2[nH]ncc2c1)N(C)C)c1ccccc1. The Morgan fingerprint density at radius 1 is 1.19 bits per heavy atom. The van der Waals surface area contributed by atoms with E-state index >= 15 is 0 Å². The van der Waals surface area contributed by atoms with Gasteiger partial charge in [0.15, 0.2) is 0 Å². The molecule has 27 heavy (non-hydrogen) atoms. The summed E-state index contributed by atoms with van der Waals surface area (Å²) >= 11 is 0. The molecule has 2 aromatic carbocycles. The highest BCUT2D eigenvalue weighted by molar-refractivity contribution is 5.78. The van der Waals surface area contributed by atoms with Gasteiger partial charge in [0.2, 0.25) is 5.91 Å². The average molecular weight is 364 g/mol. The fourth-order valence-corrected chi connectivity index (χ4v) is 3.31. The molecule has 3 aromatic rings. The van der Waals surface area contributed by atoms with Crippen molar-refractivity contribution in [3.63, 3.8) is 0 Å². The van der Waals surface area contributed by atoms with E-state index in [1.165, 1.54) is 11.1 Å². The van der Waals surface area contributed by atoms with Crippen LogP contribution in [-0.2, 0) is 11.2 Å². The van der Waals surface area contributed by atoms with Crippen molar-refractivity contribution in [3.8, 4) is 0 Å². The van der Waals surface area contributed by atoms with Crippen molar-refractivity contribution >= 4 is 16.8 Å². The summed E-state index contributed by atoms with van der Waals surface area (Å²) in [5.74, 6) is 0.316. The smallest absolute Gasteiger partial charge is 0.220 e. The van der Waals surface area contributed by atoms with Crippen molar-refractivity contribution in [2.24, 2.45) is 0 Å². The Balaban J connectivity index is 1.55. The molecule has 0 bridgehead atoms. The van der Waals surface area contributed by atoms with E-state index in [0.717, 1.165) is 17.3 Å². The highest BCUT2D eigenvalue weighted by atomic mass is 16.1. The maximum Gasteiger partial charge on any atom is 0.220 e. The summed E-state index contributed by atoms with van der Waals surface area (Å²) in [6.45, 7) is 2.73. The van der Waals surface area contributed by atoms with Crippen LogP contribution >= 0.6 is 0 Å². The lowest BCUT2D eigenvalue weighted by molar-refractivity contribution is -0.121. The highest BCUT2D eigenvalue weighted by Gasteiger charge is 2.16. The molecule has 2 atom stereocenters. The molecule has 1 aromatic heterocycles. The minimum atomic E-state index is 0.100. The van der Waals surface area contributed by atoms with Crippen LogP contribution in [0.15, 0.2) is 54.7 Å². The van der Waals surface area contributed by atoms with Crippen LogP contribution in [0.3, 0.4) is 0 Å². The fraction of sp³-hybridized carbons (Fsp3) is 0.364. The molecule has 5 heteroatoms. The highest BCUT2D eigenvalue weighted by Crippen LogP contribution is 2.18. The zero-order chi connectivity index (χ0) is 19.2. The van der Waals surface area contributed by atoms with Crippen LogP contribution in [0.5, 0.6) is 0 Å². The van der Waals surface area contributed by atoms with E-state index in [2.05, 4.69) is 71.8 Å². The first-order valence-corrected chi connectivity index (χ1v) is 9.43. The number of aromatic nitrogens is 2. The zero-order valence-electron chi connectivity index (χ0n) is 16.3. The molecular weight excluding hydrogens is 336 g/mol. The Bertz CT molecular complexity index is 872. The molecule has 0 aliphatic rings. The summed E-state index contributed by atoms with van der Waals surface area (Å²) in [5.41, 5.74) is 3.49. The summed E-state index contributed by atoms with van der Waals surface area (Å²) in [4.78, 5) is 14.6. The maximum absolute atomic E-state index is 12.4. The van der Waals surface area contributed by atoms with Gasteiger partial charge in [0.25, 0.3) is 0 Å². The average Bonchev–Trinajstić information content (AvgIpc) is 3.13. The fourth-order valence-electron chi connectivity index (χ4n) is 3.31. The Hall–Kier alpha value is -2.66. The monoisotopic (exact) mass is 364 g/mol. The zero-order valence-corrected chi connectivity index (χ0v) is 16.3. The van der Waals surface area contributed by atoms with E-state index in [0.29, 0.717) is 13.0 Å². The number of H-pyrrole nitrogens is 1. The predicted octanol–water partition coefficient (Wildman–Crippen LogP) is 3.35. The van der Waals surface area contributed by atoms with Crippen molar-refractivity contribution in [3.05, 3.63) is 65.9 Å². The van der Waals surface area contributed by atoms with Gasteiger partial charge in [-0.2, -0.15) is 5.10 Å². The lowest BCUT2D eigenvalue weighted by atomic mass is 9.97. The number of amides is 1. The number of nitrogens with zero attached hydrogens (tertiary/aromatic N) is 2. The molecule has 0 saturated heterocycles. The van der Waals surface area contributed by atoms with Gasteiger partial charge in [-0.25, -0.2) is 0 Å². The number of likely N-dealkylation sites (N-methyl/N-ethyl adjacent to an activating group) is 1. The molecule has 0 fully saturated rings. The number of carbonyl (C=O) groups is 1. The summed E-state index contributed by atoms with van der Waals surface area (Å²) in [7, 11) is 4.11. The molecular formula is C22H28N4O. The summed E-state index contributed by atoms with van der Waals surface area (Å²) in [5, 5.41) is 11.3. The van der Waals surface area contributed by atoms with E-state index in [4.69, 9.17) is 0 Å². The number of fused-ring (bicyclic) bond motifs is 1. The van der Waals surface area contributed by atoms with Crippen LogP contribution in [0, 0.1) is 0 Å². The van der Waals surface area contributed by atoms with E-state index in [9.17, 15) is 4.79 Å². The van der Waals surface area contributed by atoms with Gasteiger partial charge in [-0.3, -0.25) is 9.89 Å². The standard InChI is InChI=1S/C22H28N4O/c1-16(18-7-5-4-6-8-18)11-22(27)23-15-20(26(2)3)13-17-9-10-21-19(12-17)14-24-25-21/h4-10,12,14,16,20H,11,13,15H2,1-3H3,(H,23,27)(H,24,25)/t16?,20-/m0/s1. The Morgan fingerprint density at radius 2 is 1.96 bits per heavy atom. The lowest BCUT2D eigenvalue weighted by Crippen LogP contribution is -2.41. The molecule has 3 rings (SSSR count). The second-order valence-electron chi connectivity index (χ2n) is 7.43. The number of hydrogen-bond donors (Lipinski definition) is 2. The van der Waals surface area contributed by atoms with E-state index in [-0.39, 0.29) is 17.9 Å². The van der Waals surface area contributed by atoms with Gasteiger partial charge in [0.1, 0.15) is 0 Å². The van der Waals surface area contributed by atoms with Crippen LogP contribution < -0.4 is 5.32 Å². The lowest BCUT2D eigenvalue weighted by Gasteiger charge is -2.25. The van der Waals surface area contributed by atoms with E-state index < -0.39 is 0 Å². The number of hydrogen-bond acceptors (Lipinski definition) is 3. The van der Waals surface area contributed by atoms with Crippen molar-refractivity contribution in [2.45, 2.75) is 31.7 Å². The topological polar surface area (TPSA) is 61.0 Å². The molecule has 1 amide bonds. The third-order valence-electron chi connectivity index (χ3n) is 5.10. The first kappa shape index (κ1) is 19.1. The molecule has 0 aliphatic heterocycles. The number of rotatable bonds is 8. The van der Waals surface area contributed by atoms with Crippen molar-refractivity contribution in [1.29, 1.82) is 0 Å². The van der Waals surface area contributed by atoms with Crippen LogP contribution in [-0.4, -0.2) is 47.7 Å². The molecule has 1 heterocycles. The van der Waals surface area contributed by atoms with Gasteiger partial charge in [0, 0.05) is 24.4 Å². The van der Waals surface area contributed by atoms with Crippen molar-refractivity contribution in [2.75, 3.05) is 20.6 Å². The number of carbonyl (C=O) groups excluding carboxylic acids is 1. The van der Waals surface area contributed by atoms with Crippen LogP contribution in [0.2, 0.25) is 0 Å². The molecule has 142 valence electrons. The molecule has 0 aliphatic carbocycles. The normalized spacial score (nSPS) is 13.6. The molecule has 0 spiro atoms. The first-order valence-electron chi connectivity index (χ1n) is 9.43. The number of benzene rings is 2. The van der Waals surface area contributed by atoms with Gasteiger partial charge in [-0.1, -0.05) is 43.3 Å². The van der Waals surface area contributed by atoms with Gasteiger partial charge in [0.05, 0.1) is 11.7 Å². The molecule has 2 N–H and O–H groups in total. The van der Waals surface area contributed by atoms with Gasteiger partial charge in [-0.05, 0) is 49.7 Å². The molecule has 0 saturated carbocycles. The molecule has 5 nitrogen and oxygen atoms in total. The Morgan fingerprint density at radius 3 is 2.70 bits per heavy atom. The summed E-state index contributed by atoms with van der Waals surface area (Å²) in [6, 6.07) is 16.8. The van der Waals surface area contributed by atoms with Crippen molar-refractivity contribution in [1.82, 2.24) is 20.4 Å². The third kappa shape index (κ3) is 5.17. The van der Waals surface area contributed by atoms with E-state index in [1.807, 2.05) is 24.4 Å². The minimum Gasteiger partial charge on any atom is -0.355 e. The quantitative estimate of drug-likeness (QED) is 0.644. The van der Waals surface area contributed by atoms with Crippen molar-refractivity contribution < 1.29 is 4.79 Å². The summed E-state index contributed by atoms with van der Waals surface area (Å²) < 4.78 is 0. The summed E-state index contributed by atoms with van der Waals surface area (Å²) in [6.07, 6.45) is 3.23. The van der Waals surface area contributed by atoms with Crippen LogP contribution in [0.25, 0.3) is 10.9 Å². The van der Waals surface area contributed by atoms with Gasteiger partial charge < -0.3 is 10.2 Å². The van der Waals surface area contributed by atoms with Crippen LogP contribution in [0.1, 0.15) is 30.4 Å².